The van der Waals surface area contributed by atoms with Crippen molar-refractivity contribution in [2.45, 2.75) is 58.2 Å². The smallest absolute Gasteiger partial charge is 0.253 e. The third kappa shape index (κ3) is 5.49. The second-order valence-corrected chi connectivity index (χ2v) is 9.09. The van der Waals surface area contributed by atoms with E-state index in [1.54, 1.807) is 7.11 Å². The molecule has 3 aromatic rings. The van der Waals surface area contributed by atoms with Crippen LogP contribution in [0.1, 0.15) is 48.8 Å². The number of rotatable bonds is 6. The van der Waals surface area contributed by atoms with Gasteiger partial charge in [-0.2, -0.15) is 0 Å². The zero-order valence-corrected chi connectivity index (χ0v) is 19.6. The Labute approximate surface area is 194 Å². The largest absolute Gasteiger partial charge is 0.497 e. The van der Waals surface area contributed by atoms with Gasteiger partial charge < -0.3 is 19.9 Å². The Hall–Kier alpha value is -2.86. The van der Waals surface area contributed by atoms with Crippen molar-refractivity contribution in [2.24, 2.45) is 0 Å². The van der Waals surface area contributed by atoms with Crippen molar-refractivity contribution < 1.29 is 4.74 Å². The van der Waals surface area contributed by atoms with Gasteiger partial charge in [0.25, 0.3) is 5.56 Å². The standard InChI is InChI=1S/C26H31N3O2S/c1-18-8-13-24-20(14-18)15-21(25(30)28-24)17-29(16-19-9-11-23(31-2)12-10-19)26(32)27-22-6-4-3-5-7-22/h8-15,22H,3-7,16-17H2,1-2H3,(H,27,32)(H,28,30). The van der Waals surface area contributed by atoms with E-state index in [1.165, 1.54) is 24.8 Å². The first-order valence-corrected chi connectivity index (χ1v) is 11.7. The number of nitrogens with zero attached hydrogens (tertiary/aromatic N) is 1. The molecule has 168 valence electrons. The average Bonchev–Trinajstić information content (AvgIpc) is 2.80. The minimum Gasteiger partial charge on any atom is -0.497 e. The average molecular weight is 450 g/mol. The summed E-state index contributed by atoms with van der Waals surface area (Å²) in [5.41, 5.74) is 3.78. The summed E-state index contributed by atoms with van der Waals surface area (Å²) in [7, 11) is 1.66. The van der Waals surface area contributed by atoms with Crippen LogP contribution in [0.2, 0.25) is 0 Å². The summed E-state index contributed by atoms with van der Waals surface area (Å²) in [6, 6.07) is 16.5. The van der Waals surface area contributed by atoms with Crippen LogP contribution in [0.3, 0.4) is 0 Å². The second-order valence-electron chi connectivity index (χ2n) is 8.70. The molecule has 5 nitrogen and oxygen atoms in total. The Balaban J connectivity index is 1.60. The van der Waals surface area contributed by atoms with E-state index < -0.39 is 0 Å². The summed E-state index contributed by atoms with van der Waals surface area (Å²) in [6.45, 7) is 3.13. The van der Waals surface area contributed by atoms with E-state index in [9.17, 15) is 4.79 Å². The number of thiocarbonyl (C=S) groups is 1. The molecule has 0 spiro atoms. The molecule has 6 heteroatoms. The van der Waals surface area contributed by atoms with Crippen LogP contribution in [0.4, 0.5) is 0 Å². The van der Waals surface area contributed by atoms with Gasteiger partial charge in [0.2, 0.25) is 0 Å². The number of aromatic nitrogens is 1. The fraction of sp³-hybridized carbons (Fsp3) is 0.385. The Bertz CT molecular complexity index is 1130. The molecule has 0 bridgehead atoms. The maximum absolute atomic E-state index is 12.8. The number of benzene rings is 2. The number of aryl methyl sites for hydroxylation is 1. The van der Waals surface area contributed by atoms with Gasteiger partial charge in [0, 0.05) is 23.7 Å². The van der Waals surface area contributed by atoms with Gasteiger partial charge >= 0.3 is 0 Å². The molecule has 1 aliphatic carbocycles. The molecule has 32 heavy (non-hydrogen) atoms. The van der Waals surface area contributed by atoms with E-state index in [0.29, 0.717) is 29.8 Å². The quantitative estimate of drug-likeness (QED) is 0.516. The van der Waals surface area contributed by atoms with Crippen LogP contribution in [0.15, 0.2) is 53.3 Å². The summed E-state index contributed by atoms with van der Waals surface area (Å²) in [5.74, 6) is 0.824. The normalized spacial score (nSPS) is 14.3. The predicted octanol–water partition coefficient (Wildman–Crippen LogP) is 5.05. The SMILES string of the molecule is COc1ccc(CN(Cc2cc3cc(C)ccc3[nH]c2=O)C(=S)NC2CCCCC2)cc1. The van der Waals surface area contributed by atoms with E-state index in [2.05, 4.69) is 28.2 Å². The maximum Gasteiger partial charge on any atom is 0.253 e. The first-order valence-electron chi connectivity index (χ1n) is 11.3. The molecule has 1 fully saturated rings. The molecule has 2 N–H and O–H groups in total. The summed E-state index contributed by atoms with van der Waals surface area (Å²) in [6.07, 6.45) is 6.07. The van der Waals surface area contributed by atoms with Crippen LogP contribution >= 0.6 is 12.2 Å². The molecule has 4 rings (SSSR count). The Kier molecular flexibility index (Phi) is 7.10. The van der Waals surface area contributed by atoms with Crippen molar-refractivity contribution in [2.75, 3.05) is 7.11 Å². The Morgan fingerprint density at radius 2 is 1.84 bits per heavy atom. The van der Waals surface area contributed by atoms with Crippen molar-refractivity contribution in [1.82, 2.24) is 15.2 Å². The van der Waals surface area contributed by atoms with Crippen LogP contribution in [0.25, 0.3) is 10.9 Å². The zero-order valence-electron chi connectivity index (χ0n) is 18.8. The molecule has 0 atom stereocenters. The van der Waals surface area contributed by atoms with Crippen molar-refractivity contribution in [3.05, 3.63) is 75.6 Å². The van der Waals surface area contributed by atoms with E-state index in [1.807, 2.05) is 42.5 Å². The van der Waals surface area contributed by atoms with Gasteiger partial charge in [-0.25, -0.2) is 0 Å². The molecule has 1 heterocycles. The van der Waals surface area contributed by atoms with Gasteiger partial charge in [-0.1, -0.05) is 43.0 Å². The van der Waals surface area contributed by atoms with Crippen LogP contribution in [0.5, 0.6) is 5.75 Å². The number of nitrogens with one attached hydrogen (secondary N) is 2. The second kappa shape index (κ2) is 10.2. The maximum atomic E-state index is 12.8. The molecule has 0 saturated heterocycles. The molecule has 0 aliphatic heterocycles. The van der Waals surface area contributed by atoms with Gasteiger partial charge in [-0.3, -0.25) is 4.79 Å². The first kappa shape index (κ1) is 22.3. The monoisotopic (exact) mass is 449 g/mol. The van der Waals surface area contributed by atoms with E-state index in [0.717, 1.165) is 35.1 Å². The summed E-state index contributed by atoms with van der Waals surface area (Å²) in [5, 5.41) is 5.31. The highest BCUT2D eigenvalue weighted by atomic mass is 32.1. The molecular formula is C26H31N3O2S. The van der Waals surface area contributed by atoms with Gasteiger partial charge in [-0.15, -0.1) is 0 Å². The molecule has 1 aliphatic rings. The molecule has 0 radical (unpaired) electrons. The number of hydrogen-bond acceptors (Lipinski definition) is 3. The summed E-state index contributed by atoms with van der Waals surface area (Å²) < 4.78 is 5.29. The van der Waals surface area contributed by atoms with Gasteiger partial charge in [0.15, 0.2) is 5.11 Å². The van der Waals surface area contributed by atoms with Crippen LogP contribution in [-0.2, 0) is 13.1 Å². The Morgan fingerprint density at radius 1 is 1.09 bits per heavy atom. The number of fused-ring (bicyclic) bond motifs is 1. The van der Waals surface area contributed by atoms with Gasteiger partial charge in [0.05, 0.1) is 13.7 Å². The lowest BCUT2D eigenvalue weighted by Gasteiger charge is -2.31. The highest BCUT2D eigenvalue weighted by Gasteiger charge is 2.19. The third-order valence-corrected chi connectivity index (χ3v) is 6.57. The molecule has 0 unspecified atom stereocenters. The van der Waals surface area contributed by atoms with Crippen molar-refractivity contribution in [3.8, 4) is 5.75 Å². The zero-order chi connectivity index (χ0) is 22.5. The lowest BCUT2D eigenvalue weighted by molar-refractivity contribution is 0.362. The highest BCUT2D eigenvalue weighted by Crippen LogP contribution is 2.20. The van der Waals surface area contributed by atoms with Crippen molar-refractivity contribution in [3.63, 3.8) is 0 Å². The molecule has 0 amide bonds. The topological polar surface area (TPSA) is 57.4 Å². The Morgan fingerprint density at radius 3 is 2.56 bits per heavy atom. The van der Waals surface area contributed by atoms with E-state index in [-0.39, 0.29) is 5.56 Å². The highest BCUT2D eigenvalue weighted by molar-refractivity contribution is 7.80. The van der Waals surface area contributed by atoms with E-state index >= 15 is 0 Å². The third-order valence-electron chi connectivity index (χ3n) is 6.19. The lowest BCUT2D eigenvalue weighted by atomic mass is 9.96. The predicted molar refractivity (Wildman–Crippen MR) is 134 cm³/mol. The summed E-state index contributed by atoms with van der Waals surface area (Å²) >= 11 is 5.84. The number of aromatic amines is 1. The van der Waals surface area contributed by atoms with Gasteiger partial charge in [0.1, 0.15) is 5.75 Å². The molecule has 1 saturated carbocycles. The number of ether oxygens (including phenoxy) is 1. The summed E-state index contributed by atoms with van der Waals surface area (Å²) in [4.78, 5) is 18.0. The fourth-order valence-corrected chi connectivity index (χ4v) is 4.65. The minimum atomic E-state index is -0.0680. The number of hydrogen-bond donors (Lipinski definition) is 2. The van der Waals surface area contributed by atoms with Crippen LogP contribution < -0.4 is 15.6 Å². The number of methoxy groups -OCH3 is 1. The molecule has 1 aromatic heterocycles. The van der Waals surface area contributed by atoms with E-state index in [4.69, 9.17) is 17.0 Å². The molecule has 2 aromatic carbocycles. The van der Waals surface area contributed by atoms with Crippen LogP contribution in [-0.4, -0.2) is 28.1 Å². The number of pyridine rings is 1. The van der Waals surface area contributed by atoms with Crippen molar-refractivity contribution in [1.29, 1.82) is 0 Å². The van der Waals surface area contributed by atoms with Crippen LogP contribution in [0, 0.1) is 6.92 Å². The minimum absolute atomic E-state index is 0.0680. The lowest BCUT2D eigenvalue weighted by Crippen LogP contribution is -2.45. The first-order chi connectivity index (χ1) is 15.5. The van der Waals surface area contributed by atoms with Crippen molar-refractivity contribution >= 4 is 28.2 Å². The number of H-pyrrole nitrogens is 1. The fourth-order valence-electron chi connectivity index (χ4n) is 4.36. The van der Waals surface area contributed by atoms with Gasteiger partial charge in [-0.05, 0) is 73.3 Å². The molecular weight excluding hydrogens is 418 g/mol.